The first-order valence-corrected chi connectivity index (χ1v) is 7.64. The van der Waals surface area contributed by atoms with Gasteiger partial charge in [0.2, 0.25) is 0 Å². The standard InChI is InChI=1S/C14H15BrClNO4/c1-8(14(19)20)9-5-17(6-9)13(18)7-21-12-3-2-10(16)4-11(12)15/h2-4,8-9H,5-7H2,1H3,(H,19,20). The monoisotopic (exact) mass is 375 g/mol. The number of ether oxygens (including phenoxy) is 1. The zero-order valence-corrected chi connectivity index (χ0v) is 13.7. The molecule has 0 aliphatic carbocycles. The summed E-state index contributed by atoms with van der Waals surface area (Å²) in [5.74, 6) is -0.836. The quantitative estimate of drug-likeness (QED) is 0.858. The summed E-state index contributed by atoms with van der Waals surface area (Å²) in [5, 5.41) is 9.48. The number of carbonyl (C=O) groups excluding carboxylic acids is 1. The number of carbonyl (C=O) groups is 2. The third-order valence-electron chi connectivity index (χ3n) is 3.60. The maximum atomic E-state index is 11.9. The second-order valence-electron chi connectivity index (χ2n) is 5.05. The van der Waals surface area contributed by atoms with Crippen LogP contribution in [0.3, 0.4) is 0 Å². The van der Waals surface area contributed by atoms with Crippen LogP contribution in [0.2, 0.25) is 5.02 Å². The molecule has 21 heavy (non-hydrogen) atoms. The molecule has 0 saturated carbocycles. The summed E-state index contributed by atoms with van der Waals surface area (Å²) in [6, 6.07) is 5.06. The Morgan fingerprint density at radius 1 is 1.52 bits per heavy atom. The van der Waals surface area contributed by atoms with Gasteiger partial charge in [0, 0.05) is 24.0 Å². The van der Waals surface area contributed by atoms with Gasteiger partial charge >= 0.3 is 5.97 Å². The van der Waals surface area contributed by atoms with Crippen molar-refractivity contribution >= 4 is 39.4 Å². The van der Waals surface area contributed by atoms with E-state index in [0.717, 1.165) is 0 Å². The van der Waals surface area contributed by atoms with Crippen LogP contribution in [0.4, 0.5) is 0 Å². The van der Waals surface area contributed by atoms with Crippen LogP contribution >= 0.6 is 27.5 Å². The van der Waals surface area contributed by atoms with Crippen LogP contribution < -0.4 is 4.74 Å². The van der Waals surface area contributed by atoms with Gasteiger partial charge in [0.1, 0.15) is 5.75 Å². The summed E-state index contributed by atoms with van der Waals surface area (Å²) in [5.41, 5.74) is 0. The molecule has 1 aromatic carbocycles. The highest BCUT2D eigenvalue weighted by molar-refractivity contribution is 9.10. The molecule has 114 valence electrons. The van der Waals surface area contributed by atoms with Gasteiger partial charge in [0.15, 0.2) is 6.61 Å². The average Bonchev–Trinajstić information content (AvgIpc) is 2.35. The van der Waals surface area contributed by atoms with E-state index in [9.17, 15) is 9.59 Å². The van der Waals surface area contributed by atoms with Crippen LogP contribution in [0.1, 0.15) is 6.92 Å². The van der Waals surface area contributed by atoms with Gasteiger partial charge in [0.25, 0.3) is 5.91 Å². The molecule has 2 rings (SSSR count). The molecule has 1 fully saturated rings. The molecule has 0 radical (unpaired) electrons. The van der Waals surface area contributed by atoms with Crippen molar-refractivity contribution in [3.8, 4) is 5.75 Å². The number of hydrogen-bond acceptors (Lipinski definition) is 3. The molecule has 1 saturated heterocycles. The Hall–Kier alpha value is -1.27. The highest BCUT2D eigenvalue weighted by atomic mass is 79.9. The summed E-state index contributed by atoms with van der Waals surface area (Å²) in [6.45, 7) is 2.53. The number of hydrogen-bond donors (Lipinski definition) is 1. The van der Waals surface area contributed by atoms with E-state index in [-0.39, 0.29) is 18.4 Å². The fourth-order valence-electron chi connectivity index (χ4n) is 2.06. The number of carboxylic acids is 1. The molecule has 1 aliphatic heterocycles. The molecule has 7 heteroatoms. The lowest BCUT2D eigenvalue weighted by Crippen LogP contribution is -2.54. The summed E-state index contributed by atoms with van der Waals surface area (Å²) in [6.07, 6.45) is 0. The van der Waals surface area contributed by atoms with Crippen molar-refractivity contribution in [1.82, 2.24) is 4.90 Å². The second kappa shape index (κ2) is 6.66. The Morgan fingerprint density at radius 2 is 2.19 bits per heavy atom. The van der Waals surface area contributed by atoms with Crippen LogP contribution in [0, 0.1) is 11.8 Å². The highest BCUT2D eigenvalue weighted by Crippen LogP contribution is 2.28. The minimum Gasteiger partial charge on any atom is -0.483 e. The molecule has 1 heterocycles. The predicted octanol–water partition coefficient (Wildman–Crippen LogP) is 2.66. The largest absolute Gasteiger partial charge is 0.483 e. The van der Waals surface area contributed by atoms with Crippen molar-refractivity contribution in [2.45, 2.75) is 6.92 Å². The second-order valence-corrected chi connectivity index (χ2v) is 6.34. The number of amides is 1. The van der Waals surface area contributed by atoms with Crippen LogP contribution in [-0.2, 0) is 9.59 Å². The molecular formula is C14H15BrClNO4. The maximum absolute atomic E-state index is 11.9. The van der Waals surface area contributed by atoms with E-state index < -0.39 is 11.9 Å². The van der Waals surface area contributed by atoms with Crippen molar-refractivity contribution in [1.29, 1.82) is 0 Å². The van der Waals surface area contributed by atoms with E-state index in [4.69, 9.17) is 21.4 Å². The lowest BCUT2D eigenvalue weighted by Gasteiger charge is -2.41. The van der Waals surface area contributed by atoms with Crippen molar-refractivity contribution in [2.75, 3.05) is 19.7 Å². The van der Waals surface area contributed by atoms with Gasteiger partial charge in [-0.15, -0.1) is 0 Å². The minimum absolute atomic E-state index is 0.0220. The zero-order chi connectivity index (χ0) is 15.6. The summed E-state index contributed by atoms with van der Waals surface area (Å²) in [4.78, 5) is 24.4. The Labute approximate surface area is 136 Å². The van der Waals surface area contributed by atoms with Crippen molar-refractivity contribution in [3.05, 3.63) is 27.7 Å². The fourth-order valence-corrected chi connectivity index (χ4v) is 2.85. The van der Waals surface area contributed by atoms with E-state index >= 15 is 0 Å². The Balaban J connectivity index is 1.80. The summed E-state index contributed by atoms with van der Waals surface area (Å²) >= 11 is 9.13. The maximum Gasteiger partial charge on any atom is 0.306 e. The van der Waals surface area contributed by atoms with Crippen molar-refractivity contribution < 1.29 is 19.4 Å². The first kappa shape index (κ1) is 16.1. The van der Waals surface area contributed by atoms with Gasteiger partial charge in [-0.3, -0.25) is 9.59 Å². The Morgan fingerprint density at radius 3 is 2.76 bits per heavy atom. The van der Waals surface area contributed by atoms with Gasteiger partial charge in [-0.2, -0.15) is 0 Å². The van der Waals surface area contributed by atoms with Gasteiger partial charge in [-0.25, -0.2) is 0 Å². The molecule has 1 atom stereocenters. The molecule has 1 unspecified atom stereocenters. The minimum atomic E-state index is -0.826. The van der Waals surface area contributed by atoms with E-state index in [0.29, 0.717) is 28.3 Å². The van der Waals surface area contributed by atoms with E-state index in [2.05, 4.69) is 15.9 Å². The predicted molar refractivity (Wildman–Crippen MR) is 81.5 cm³/mol. The normalized spacial score (nSPS) is 16.2. The SMILES string of the molecule is CC(C(=O)O)C1CN(C(=O)COc2ccc(Cl)cc2Br)C1. The molecule has 0 aromatic heterocycles. The number of halogens is 2. The number of aliphatic carboxylic acids is 1. The van der Waals surface area contributed by atoms with Crippen LogP contribution in [0.25, 0.3) is 0 Å². The van der Waals surface area contributed by atoms with Crippen molar-refractivity contribution in [3.63, 3.8) is 0 Å². The molecule has 1 amide bonds. The number of nitrogens with zero attached hydrogens (tertiary/aromatic N) is 1. The average molecular weight is 377 g/mol. The first-order chi connectivity index (χ1) is 9.88. The molecule has 1 aromatic rings. The number of likely N-dealkylation sites (tertiary alicyclic amines) is 1. The smallest absolute Gasteiger partial charge is 0.306 e. The van der Waals surface area contributed by atoms with Gasteiger partial charge in [-0.05, 0) is 34.1 Å². The molecule has 1 N–H and O–H groups in total. The summed E-state index contributed by atoms with van der Waals surface area (Å²) < 4.78 is 6.12. The molecule has 1 aliphatic rings. The Bertz CT molecular complexity index is 560. The fraction of sp³-hybridized carbons (Fsp3) is 0.429. The van der Waals surface area contributed by atoms with E-state index in [1.165, 1.54) is 0 Å². The van der Waals surface area contributed by atoms with E-state index in [1.54, 1.807) is 30.0 Å². The number of rotatable bonds is 5. The third kappa shape index (κ3) is 3.89. The number of benzene rings is 1. The first-order valence-electron chi connectivity index (χ1n) is 6.47. The van der Waals surface area contributed by atoms with Crippen molar-refractivity contribution in [2.24, 2.45) is 11.8 Å². The van der Waals surface area contributed by atoms with Crippen LogP contribution in [0.5, 0.6) is 5.75 Å². The lowest BCUT2D eigenvalue weighted by molar-refractivity contribution is -0.151. The van der Waals surface area contributed by atoms with Crippen LogP contribution in [0.15, 0.2) is 22.7 Å². The van der Waals surface area contributed by atoms with Gasteiger partial charge < -0.3 is 14.7 Å². The topological polar surface area (TPSA) is 66.8 Å². The molecule has 0 bridgehead atoms. The van der Waals surface area contributed by atoms with Crippen LogP contribution in [-0.4, -0.2) is 41.6 Å². The molecule has 5 nitrogen and oxygen atoms in total. The molecule has 0 spiro atoms. The Kier molecular flexibility index (Phi) is 5.11. The van der Waals surface area contributed by atoms with Gasteiger partial charge in [-0.1, -0.05) is 18.5 Å². The van der Waals surface area contributed by atoms with Gasteiger partial charge in [0.05, 0.1) is 10.4 Å². The lowest BCUT2D eigenvalue weighted by atomic mass is 9.87. The molecular weight excluding hydrogens is 362 g/mol. The summed E-state index contributed by atoms with van der Waals surface area (Å²) in [7, 11) is 0. The third-order valence-corrected chi connectivity index (χ3v) is 4.46. The highest BCUT2D eigenvalue weighted by Gasteiger charge is 2.37. The zero-order valence-electron chi connectivity index (χ0n) is 11.4. The number of carboxylic acid groups (broad SMARTS) is 1. The van der Waals surface area contributed by atoms with E-state index in [1.807, 2.05) is 0 Å².